The molecule has 0 spiro atoms. The predicted molar refractivity (Wildman–Crippen MR) is 101 cm³/mol. The summed E-state index contributed by atoms with van der Waals surface area (Å²) < 4.78 is 30.9. The van der Waals surface area contributed by atoms with Crippen molar-refractivity contribution < 1.29 is 12.8 Å². The third-order valence-corrected chi connectivity index (χ3v) is 6.56. The van der Waals surface area contributed by atoms with E-state index in [0.717, 1.165) is 32.7 Å². The van der Waals surface area contributed by atoms with Crippen molar-refractivity contribution in [1.82, 2.24) is 14.1 Å². The van der Waals surface area contributed by atoms with Crippen molar-refractivity contribution in [2.75, 3.05) is 40.3 Å². The maximum absolute atomic E-state index is 12.1. The zero-order valence-electron chi connectivity index (χ0n) is 15.7. The summed E-state index contributed by atoms with van der Waals surface area (Å²) in [4.78, 5) is 4.77. The molecule has 6 nitrogen and oxygen atoms in total. The molecule has 0 saturated carbocycles. The van der Waals surface area contributed by atoms with Gasteiger partial charge in [0.2, 0.25) is 5.09 Å². The summed E-state index contributed by atoms with van der Waals surface area (Å²) in [5.41, 5.74) is 2.71. The first-order valence-corrected chi connectivity index (χ1v) is 10.3. The molecule has 1 fully saturated rings. The fraction of sp³-hybridized carbons (Fsp3) is 0.474. The third-order valence-electron chi connectivity index (χ3n) is 4.87. The van der Waals surface area contributed by atoms with Crippen LogP contribution in [0.2, 0.25) is 0 Å². The van der Waals surface area contributed by atoms with Crippen molar-refractivity contribution in [1.29, 1.82) is 0 Å². The molecule has 2 heterocycles. The Hall–Kier alpha value is -1.67. The lowest BCUT2D eigenvalue weighted by Gasteiger charge is -2.34. The molecule has 1 aromatic carbocycles. The lowest BCUT2D eigenvalue weighted by atomic mass is 10.1. The third kappa shape index (κ3) is 4.35. The Morgan fingerprint density at radius 1 is 0.962 bits per heavy atom. The topological polar surface area (TPSA) is 57.0 Å². The van der Waals surface area contributed by atoms with Gasteiger partial charge in [0.05, 0.1) is 6.54 Å². The highest BCUT2D eigenvalue weighted by molar-refractivity contribution is 7.88. The fourth-order valence-electron chi connectivity index (χ4n) is 3.12. The Morgan fingerprint density at radius 2 is 1.58 bits per heavy atom. The molecule has 0 bridgehead atoms. The van der Waals surface area contributed by atoms with E-state index in [1.807, 2.05) is 0 Å². The Morgan fingerprint density at radius 3 is 2.19 bits per heavy atom. The van der Waals surface area contributed by atoms with Crippen LogP contribution in [0.3, 0.4) is 0 Å². The number of furan rings is 1. The molecule has 3 rings (SSSR count). The van der Waals surface area contributed by atoms with Crippen LogP contribution in [0.15, 0.2) is 45.9 Å². The van der Waals surface area contributed by atoms with Gasteiger partial charge in [-0.1, -0.05) is 24.3 Å². The van der Waals surface area contributed by atoms with E-state index in [0.29, 0.717) is 12.3 Å². The monoisotopic (exact) mass is 377 g/mol. The Kier molecular flexibility index (Phi) is 5.82. The number of hydrogen-bond acceptors (Lipinski definition) is 5. The number of sulfonamides is 1. The normalized spacial score (nSPS) is 17.1. The molecule has 142 valence electrons. The summed E-state index contributed by atoms with van der Waals surface area (Å²) in [6, 6.07) is 11.8. The van der Waals surface area contributed by atoms with Gasteiger partial charge < -0.3 is 4.42 Å². The fourth-order valence-corrected chi connectivity index (χ4v) is 3.93. The summed E-state index contributed by atoms with van der Waals surface area (Å²) in [6.45, 7) is 7.66. The van der Waals surface area contributed by atoms with Crippen LogP contribution in [0.25, 0.3) is 0 Å². The Labute approximate surface area is 156 Å². The zero-order chi connectivity index (χ0) is 18.7. The van der Waals surface area contributed by atoms with Gasteiger partial charge in [0.1, 0.15) is 5.76 Å². The maximum Gasteiger partial charge on any atom is 0.275 e. The second kappa shape index (κ2) is 7.92. The van der Waals surface area contributed by atoms with Crippen LogP contribution in [0.4, 0.5) is 0 Å². The molecule has 26 heavy (non-hydrogen) atoms. The molecule has 0 N–H and O–H groups in total. The molecule has 0 amide bonds. The minimum atomic E-state index is -3.50. The second-order valence-corrected chi connectivity index (χ2v) is 9.07. The lowest BCUT2D eigenvalue weighted by molar-refractivity contribution is 0.114. The summed E-state index contributed by atoms with van der Waals surface area (Å²) in [5.74, 6) is 0.692. The van der Waals surface area contributed by atoms with Crippen molar-refractivity contribution in [3.05, 3.63) is 53.3 Å². The van der Waals surface area contributed by atoms with Crippen LogP contribution in [-0.2, 0) is 23.1 Å². The van der Waals surface area contributed by atoms with E-state index < -0.39 is 10.0 Å². The summed E-state index contributed by atoms with van der Waals surface area (Å²) >= 11 is 0. The van der Waals surface area contributed by atoms with Crippen LogP contribution in [0, 0.1) is 6.92 Å². The second-order valence-electron chi connectivity index (χ2n) is 6.99. The summed E-state index contributed by atoms with van der Waals surface area (Å²) in [7, 11) is -0.494. The number of piperazine rings is 1. The molecule has 7 heteroatoms. The molecule has 0 radical (unpaired) electrons. The van der Waals surface area contributed by atoms with Crippen LogP contribution < -0.4 is 0 Å². The zero-order valence-corrected chi connectivity index (χ0v) is 16.5. The average Bonchev–Trinajstić information content (AvgIpc) is 3.08. The van der Waals surface area contributed by atoms with Gasteiger partial charge in [0.25, 0.3) is 10.0 Å². The van der Waals surface area contributed by atoms with Crippen molar-refractivity contribution in [2.24, 2.45) is 0 Å². The molecule has 0 unspecified atom stereocenters. The lowest BCUT2D eigenvalue weighted by Crippen LogP contribution is -2.45. The van der Waals surface area contributed by atoms with E-state index in [2.05, 4.69) is 41.0 Å². The summed E-state index contributed by atoms with van der Waals surface area (Å²) in [5, 5.41) is 0.00990. The Balaban J connectivity index is 1.53. The minimum Gasteiger partial charge on any atom is -0.447 e. The van der Waals surface area contributed by atoms with Crippen LogP contribution >= 0.6 is 0 Å². The van der Waals surface area contributed by atoms with E-state index in [1.165, 1.54) is 29.5 Å². The molecule has 1 aromatic heterocycles. The van der Waals surface area contributed by atoms with Crippen LogP contribution in [0.5, 0.6) is 0 Å². The van der Waals surface area contributed by atoms with Gasteiger partial charge in [-0.25, -0.2) is 12.7 Å². The number of nitrogens with zero attached hydrogens (tertiary/aromatic N) is 3. The van der Waals surface area contributed by atoms with E-state index in [-0.39, 0.29) is 5.09 Å². The molecule has 0 aliphatic carbocycles. The quantitative estimate of drug-likeness (QED) is 0.772. The molecule has 0 atom stereocenters. The molecular formula is C19H27N3O3S. The first kappa shape index (κ1) is 19.1. The van der Waals surface area contributed by atoms with Gasteiger partial charge >= 0.3 is 0 Å². The van der Waals surface area contributed by atoms with Crippen LogP contribution in [-0.4, -0.2) is 62.8 Å². The van der Waals surface area contributed by atoms with E-state index in [9.17, 15) is 8.42 Å². The average molecular weight is 378 g/mol. The largest absolute Gasteiger partial charge is 0.447 e. The minimum absolute atomic E-state index is 0.00990. The van der Waals surface area contributed by atoms with Gasteiger partial charge in [-0.15, -0.1) is 0 Å². The van der Waals surface area contributed by atoms with E-state index >= 15 is 0 Å². The van der Waals surface area contributed by atoms with Crippen molar-refractivity contribution >= 4 is 10.0 Å². The highest BCUT2D eigenvalue weighted by atomic mass is 32.2. The van der Waals surface area contributed by atoms with E-state index in [1.54, 1.807) is 12.1 Å². The van der Waals surface area contributed by atoms with Crippen molar-refractivity contribution in [2.45, 2.75) is 25.1 Å². The maximum atomic E-state index is 12.1. The predicted octanol–water partition coefficient (Wildman–Crippen LogP) is 2.16. The van der Waals surface area contributed by atoms with E-state index in [4.69, 9.17) is 4.42 Å². The van der Waals surface area contributed by atoms with Gasteiger partial charge in [-0.2, -0.15) is 0 Å². The number of aryl methyl sites for hydroxylation is 1. The van der Waals surface area contributed by atoms with Crippen molar-refractivity contribution in [3.8, 4) is 0 Å². The highest BCUT2D eigenvalue weighted by Crippen LogP contribution is 2.19. The smallest absolute Gasteiger partial charge is 0.275 e. The standard InChI is InChI=1S/C19H27N3O3S/c1-16-6-4-5-7-17(16)14-21-10-12-22(13-11-21)15-18-8-9-19(25-18)26(23,24)20(2)3/h4-9H,10-15H2,1-3H3. The Bertz CT molecular complexity index is 837. The van der Waals surface area contributed by atoms with Gasteiger partial charge in [-0.3, -0.25) is 9.80 Å². The summed E-state index contributed by atoms with van der Waals surface area (Å²) in [6.07, 6.45) is 0. The molecular weight excluding hydrogens is 350 g/mol. The first-order chi connectivity index (χ1) is 12.4. The highest BCUT2D eigenvalue weighted by Gasteiger charge is 2.23. The number of benzene rings is 1. The molecule has 1 aliphatic rings. The number of rotatable bonds is 6. The van der Waals surface area contributed by atoms with Crippen molar-refractivity contribution in [3.63, 3.8) is 0 Å². The van der Waals surface area contributed by atoms with Gasteiger partial charge in [0, 0.05) is 46.8 Å². The van der Waals surface area contributed by atoms with Gasteiger partial charge in [-0.05, 0) is 30.2 Å². The molecule has 1 saturated heterocycles. The SMILES string of the molecule is Cc1ccccc1CN1CCN(Cc2ccc(S(=O)(=O)N(C)C)o2)CC1. The molecule has 1 aliphatic heterocycles. The molecule has 2 aromatic rings. The first-order valence-electron chi connectivity index (χ1n) is 8.87. The number of hydrogen-bond donors (Lipinski definition) is 0. The van der Waals surface area contributed by atoms with Crippen LogP contribution in [0.1, 0.15) is 16.9 Å². The van der Waals surface area contributed by atoms with Gasteiger partial charge in [0.15, 0.2) is 0 Å².